The number of aryl methyl sites for hydroxylation is 1. The van der Waals surface area contributed by atoms with Gasteiger partial charge in [0.1, 0.15) is 0 Å². The number of rotatable bonds is 5. The molecule has 0 saturated heterocycles. The van der Waals surface area contributed by atoms with Crippen LogP contribution in [-0.4, -0.2) is 24.6 Å². The summed E-state index contributed by atoms with van der Waals surface area (Å²) >= 11 is 0. The first-order valence-electron chi connectivity index (χ1n) is 6.59. The van der Waals surface area contributed by atoms with Gasteiger partial charge in [-0.25, -0.2) is 4.79 Å². The molecule has 1 aromatic carbocycles. The second-order valence-electron chi connectivity index (χ2n) is 4.48. The summed E-state index contributed by atoms with van der Waals surface area (Å²) in [5.74, 6) is -0.332. The summed E-state index contributed by atoms with van der Waals surface area (Å²) in [6.45, 7) is 0.666. The lowest BCUT2D eigenvalue weighted by Gasteiger charge is -2.05. The van der Waals surface area contributed by atoms with Gasteiger partial charge in [-0.05, 0) is 43.7 Å². The van der Waals surface area contributed by atoms with Crippen molar-refractivity contribution >= 4 is 5.97 Å². The van der Waals surface area contributed by atoms with Crippen molar-refractivity contribution in [3.8, 4) is 11.3 Å². The van der Waals surface area contributed by atoms with Crippen LogP contribution in [0, 0.1) is 0 Å². The van der Waals surface area contributed by atoms with Gasteiger partial charge >= 0.3 is 5.97 Å². The van der Waals surface area contributed by atoms with Gasteiger partial charge in [-0.1, -0.05) is 18.2 Å². The molecular formula is C16H18N2O2. The van der Waals surface area contributed by atoms with E-state index >= 15 is 0 Å². The molecule has 0 bridgehead atoms. The summed E-state index contributed by atoms with van der Waals surface area (Å²) in [5, 5.41) is 0. The number of nitrogens with zero attached hydrogens (tertiary/aromatic N) is 1. The Balaban J connectivity index is 2.20. The second-order valence-corrected chi connectivity index (χ2v) is 4.48. The number of carbonyl (C=O) groups is 1. The number of pyridine rings is 1. The average molecular weight is 270 g/mol. The molecule has 0 spiro atoms. The highest BCUT2D eigenvalue weighted by molar-refractivity contribution is 5.89. The quantitative estimate of drug-likeness (QED) is 0.847. The minimum atomic E-state index is -0.332. The van der Waals surface area contributed by atoms with Crippen molar-refractivity contribution in [1.29, 1.82) is 0 Å². The van der Waals surface area contributed by atoms with E-state index in [2.05, 4.69) is 9.72 Å². The maximum Gasteiger partial charge on any atom is 0.337 e. The summed E-state index contributed by atoms with van der Waals surface area (Å²) < 4.78 is 4.68. The van der Waals surface area contributed by atoms with E-state index in [1.54, 1.807) is 12.1 Å². The molecule has 0 unspecified atom stereocenters. The molecule has 2 aromatic rings. The van der Waals surface area contributed by atoms with Crippen LogP contribution in [0.15, 0.2) is 42.5 Å². The van der Waals surface area contributed by atoms with Crippen molar-refractivity contribution in [3.63, 3.8) is 0 Å². The zero-order valence-corrected chi connectivity index (χ0v) is 11.5. The Morgan fingerprint density at radius 3 is 2.60 bits per heavy atom. The SMILES string of the molecule is COC(=O)c1ccc(-c2cccc(CCCN)n2)cc1. The third-order valence-electron chi connectivity index (χ3n) is 3.05. The highest BCUT2D eigenvalue weighted by Crippen LogP contribution is 2.18. The van der Waals surface area contributed by atoms with Gasteiger partial charge in [0.2, 0.25) is 0 Å². The Morgan fingerprint density at radius 2 is 1.95 bits per heavy atom. The topological polar surface area (TPSA) is 65.2 Å². The first kappa shape index (κ1) is 14.2. The average Bonchev–Trinajstić information content (AvgIpc) is 2.52. The number of methoxy groups -OCH3 is 1. The van der Waals surface area contributed by atoms with Crippen LogP contribution in [0.25, 0.3) is 11.3 Å². The van der Waals surface area contributed by atoms with Crippen molar-refractivity contribution in [2.24, 2.45) is 5.73 Å². The number of hydrogen-bond donors (Lipinski definition) is 1. The van der Waals surface area contributed by atoms with Gasteiger partial charge in [-0.3, -0.25) is 4.98 Å². The predicted octanol–water partition coefficient (Wildman–Crippen LogP) is 2.43. The third-order valence-corrected chi connectivity index (χ3v) is 3.05. The fourth-order valence-corrected chi connectivity index (χ4v) is 1.96. The number of esters is 1. The molecule has 4 nitrogen and oxygen atoms in total. The molecule has 0 saturated carbocycles. The Labute approximate surface area is 118 Å². The van der Waals surface area contributed by atoms with E-state index in [1.807, 2.05) is 30.3 Å². The number of aromatic nitrogens is 1. The van der Waals surface area contributed by atoms with Gasteiger partial charge in [0.05, 0.1) is 18.4 Å². The fraction of sp³-hybridized carbons (Fsp3) is 0.250. The van der Waals surface area contributed by atoms with Crippen LogP contribution in [0.4, 0.5) is 0 Å². The van der Waals surface area contributed by atoms with Gasteiger partial charge in [0.25, 0.3) is 0 Å². The Bertz CT molecular complexity index is 579. The molecule has 4 heteroatoms. The van der Waals surface area contributed by atoms with Gasteiger partial charge in [-0.2, -0.15) is 0 Å². The highest BCUT2D eigenvalue weighted by Gasteiger charge is 2.06. The van der Waals surface area contributed by atoms with Crippen molar-refractivity contribution in [2.75, 3.05) is 13.7 Å². The van der Waals surface area contributed by atoms with E-state index in [1.165, 1.54) is 7.11 Å². The molecule has 0 aliphatic carbocycles. The van der Waals surface area contributed by atoms with Crippen molar-refractivity contribution < 1.29 is 9.53 Å². The lowest BCUT2D eigenvalue weighted by molar-refractivity contribution is 0.0601. The summed E-state index contributed by atoms with van der Waals surface area (Å²) in [6.07, 6.45) is 1.81. The zero-order valence-electron chi connectivity index (χ0n) is 11.5. The molecule has 1 heterocycles. The molecule has 0 fully saturated rings. The largest absolute Gasteiger partial charge is 0.465 e. The Kier molecular flexibility index (Phi) is 4.85. The predicted molar refractivity (Wildman–Crippen MR) is 78.4 cm³/mol. The van der Waals surface area contributed by atoms with E-state index in [0.717, 1.165) is 29.8 Å². The summed E-state index contributed by atoms with van der Waals surface area (Å²) in [6, 6.07) is 13.2. The maximum atomic E-state index is 11.4. The fourth-order valence-electron chi connectivity index (χ4n) is 1.96. The lowest BCUT2D eigenvalue weighted by atomic mass is 10.1. The van der Waals surface area contributed by atoms with Gasteiger partial charge in [0.15, 0.2) is 0 Å². The number of hydrogen-bond acceptors (Lipinski definition) is 4. The Morgan fingerprint density at radius 1 is 1.20 bits per heavy atom. The normalized spacial score (nSPS) is 10.3. The standard InChI is InChI=1S/C16H18N2O2/c1-20-16(19)13-9-7-12(8-10-13)15-6-2-4-14(18-15)5-3-11-17/h2,4,6-10H,3,5,11,17H2,1H3. The molecule has 0 atom stereocenters. The van der Waals surface area contributed by atoms with Gasteiger partial charge in [-0.15, -0.1) is 0 Å². The van der Waals surface area contributed by atoms with Crippen LogP contribution in [0.3, 0.4) is 0 Å². The van der Waals surface area contributed by atoms with Crippen LogP contribution in [0.2, 0.25) is 0 Å². The smallest absolute Gasteiger partial charge is 0.337 e. The van der Waals surface area contributed by atoms with Crippen LogP contribution in [-0.2, 0) is 11.2 Å². The molecule has 0 aliphatic heterocycles. The molecule has 2 rings (SSSR count). The maximum absolute atomic E-state index is 11.4. The molecule has 104 valence electrons. The highest BCUT2D eigenvalue weighted by atomic mass is 16.5. The van der Waals surface area contributed by atoms with Crippen molar-refractivity contribution in [1.82, 2.24) is 4.98 Å². The minimum Gasteiger partial charge on any atom is -0.465 e. The lowest BCUT2D eigenvalue weighted by Crippen LogP contribution is -2.02. The molecular weight excluding hydrogens is 252 g/mol. The molecule has 0 radical (unpaired) electrons. The van der Waals surface area contributed by atoms with E-state index in [4.69, 9.17) is 5.73 Å². The monoisotopic (exact) mass is 270 g/mol. The van der Waals surface area contributed by atoms with Crippen LogP contribution in [0.1, 0.15) is 22.5 Å². The number of ether oxygens (including phenoxy) is 1. The van der Waals surface area contributed by atoms with Gasteiger partial charge < -0.3 is 10.5 Å². The summed E-state index contributed by atoms with van der Waals surface area (Å²) in [5.41, 5.74) is 8.96. The zero-order chi connectivity index (χ0) is 14.4. The molecule has 20 heavy (non-hydrogen) atoms. The van der Waals surface area contributed by atoms with Crippen LogP contribution in [0.5, 0.6) is 0 Å². The summed E-state index contributed by atoms with van der Waals surface area (Å²) in [7, 11) is 1.37. The number of nitrogens with two attached hydrogens (primary N) is 1. The first-order chi connectivity index (χ1) is 9.74. The second kappa shape index (κ2) is 6.82. The molecule has 0 amide bonds. The van der Waals surface area contributed by atoms with Gasteiger partial charge in [0, 0.05) is 11.3 Å². The Hall–Kier alpha value is -2.20. The van der Waals surface area contributed by atoms with E-state index in [-0.39, 0.29) is 5.97 Å². The van der Waals surface area contributed by atoms with E-state index in [0.29, 0.717) is 12.1 Å². The molecule has 2 N–H and O–H groups in total. The number of carbonyl (C=O) groups excluding carboxylic acids is 1. The van der Waals surface area contributed by atoms with Crippen molar-refractivity contribution in [2.45, 2.75) is 12.8 Å². The third kappa shape index (κ3) is 3.42. The van der Waals surface area contributed by atoms with E-state index < -0.39 is 0 Å². The first-order valence-corrected chi connectivity index (χ1v) is 6.59. The van der Waals surface area contributed by atoms with Crippen LogP contribution >= 0.6 is 0 Å². The summed E-state index contributed by atoms with van der Waals surface area (Å²) in [4.78, 5) is 16.0. The molecule has 0 aliphatic rings. The minimum absolute atomic E-state index is 0.332. The van der Waals surface area contributed by atoms with Crippen LogP contribution < -0.4 is 5.73 Å². The number of benzene rings is 1. The molecule has 1 aromatic heterocycles. The van der Waals surface area contributed by atoms with E-state index in [9.17, 15) is 4.79 Å². The van der Waals surface area contributed by atoms with Crippen molar-refractivity contribution in [3.05, 3.63) is 53.7 Å².